The molecular formula is C10H12N4. The van der Waals surface area contributed by atoms with Crippen LogP contribution in [0.1, 0.15) is 5.82 Å². The lowest BCUT2D eigenvalue weighted by molar-refractivity contribution is 1.05. The predicted octanol–water partition coefficient (Wildman–Crippen LogP) is 1.82. The summed E-state index contributed by atoms with van der Waals surface area (Å²) < 4.78 is 0. The summed E-state index contributed by atoms with van der Waals surface area (Å²) in [6.45, 7) is 1.88. The van der Waals surface area contributed by atoms with Gasteiger partial charge in [-0.05, 0) is 19.1 Å². The molecule has 4 nitrogen and oxygen atoms in total. The third-order valence-corrected chi connectivity index (χ3v) is 1.97. The Balaban J connectivity index is 2.48. The minimum absolute atomic E-state index is 0.765. The van der Waals surface area contributed by atoms with Gasteiger partial charge in [0.25, 0.3) is 0 Å². The van der Waals surface area contributed by atoms with Gasteiger partial charge in [-0.2, -0.15) is 0 Å². The fraction of sp³-hybridized carbons (Fsp3) is 0.200. The molecule has 0 atom stereocenters. The first kappa shape index (κ1) is 8.74. The van der Waals surface area contributed by atoms with Gasteiger partial charge in [0, 0.05) is 19.3 Å². The van der Waals surface area contributed by atoms with Gasteiger partial charge in [0.2, 0.25) is 0 Å². The molecule has 14 heavy (non-hydrogen) atoms. The van der Waals surface area contributed by atoms with Crippen molar-refractivity contribution in [1.82, 2.24) is 15.0 Å². The Kier molecular flexibility index (Phi) is 2.18. The fourth-order valence-electron chi connectivity index (χ4n) is 1.32. The van der Waals surface area contributed by atoms with E-state index in [0.29, 0.717) is 0 Å². The number of hydrogen-bond donors (Lipinski definition) is 2. The van der Waals surface area contributed by atoms with Gasteiger partial charge in [-0.3, -0.25) is 0 Å². The number of nitrogens with zero attached hydrogens (tertiary/aromatic N) is 2. The van der Waals surface area contributed by atoms with E-state index in [1.165, 1.54) is 0 Å². The standard InChI is InChI=1S/C10H12N4/c1-7-13-9(6-10(11-2)14-7)8-4-3-5-12-8/h3-6,12H,1-2H3,(H,11,13,14). The number of aryl methyl sites for hydroxylation is 1. The van der Waals surface area contributed by atoms with Crippen LogP contribution in [0.2, 0.25) is 0 Å². The van der Waals surface area contributed by atoms with E-state index < -0.39 is 0 Å². The molecule has 0 aliphatic carbocycles. The topological polar surface area (TPSA) is 53.6 Å². The zero-order valence-electron chi connectivity index (χ0n) is 8.20. The summed E-state index contributed by atoms with van der Waals surface area (Å²) in [5, 5.41) is 3.01. The Labute approximate surface area is 82.4 Å². The second-order valence-corrected chi connectivity index (χ2v) is 3.02. The van der Waals surface area contributed by atoms with Gasteiger partial charge in [0.15, 0.2) is 0 Å². The number of aromatic amines is 1. The first-order valence-electron chi connectivity index (χ1n) is 4.47. The van der Waals surface area contributed by atoms with Crippen molar-refractivity contribution in [3.63, 3.8) is 0 Å². The van der Waals surface area contributed by atoms with E-state index in [-0.39, 0.29) is 0 Å². The van der Waals surface area contributed by atoms with Crippen molar-refractivity contribution >= 4 is 5.82 Å². The SMILES string of the molecule is CNc1cc(-c2ccc[nH]2)nc(C)n1. The molecular weight excluding hydrogens is 176 g/mol. The molecule has 0 bridgehead atoms. The average molecular weight is 188 g/mol. The van der Waals surface area contributed by atoms with Gasteiger partial charge in [-0.15, -0.1) is 0 Å². The summed E-state index contributed by atoms with van der Waals surface area (Å²) in [6, 6.07) is 5.85. The Hall–Kier alpha value is -1.84. The van der Waals surface area contributed by atoms with Gasteiger partial charge in [-0.25, -0.2) is 9.97 Å². The molecule has 2 heterocycles. The molecule has 0 aliphatic heterocycles. The second kappa shape index (κ2) is 3.49. The molecule has 0 spiro atoms. The maximum absolute atomic E-state index is 4.34. The third kappa shape index (κ3) is 1.59. The van der Waals surface area contributed by atoms with E-state index in [0.717, 1.165) is 23.0 Å². The molecule has 0 amide bonds. The van der Waals surface area contributed by atoms with E-state index in [1.54, 1.807) is 0 Å². The molecule has 0 fully saturated rings. The minimum Gasteiger partial charge on any atom is -0.373 e. The largest absolute Gasteiger partial charge is 0.373 e. The molecule has 0 saturated heterocycles. The maximum atomic E-state index is 4.34. The third-order valence-electron chi connectivity index (χ3n) is 1.97. The predicted molar refractivity (Wildman–Crippen MR) is 56.1 cm³/mol. The van der Waals surface area contributed by atoms with Crippen molar-refractivity contribution in [2.75, 3.05) is 12.4 Å². The van der Waals surface area contributed by atoms with E-state index in [9.17, 15) is 0 Å². The summed E-state index contributed by atoms with van der Waals surface area (Å²) >= 11 is 0. The van der Waals surface area contributed by atoms with Crippen LogP contribution in [-0.2, 0) is 0 Å². The lowest BCUT2D eigenvalue weighted by atomic mass is 10.3. The highest BCUT2D eigenvalue weighted by atomic mass is 15.0. The highest BCUT2D eigenvalue weighted by Gasteiger charge is 2.03. The van der Waals surface area contributed by atoms with Gasteiger partial charge in [0.1, 0.15) is 11.6 Å². The number of H-pyrrole nitrogens is 1. The number of hydrogen-bond acceptors (Lipinski definition) is 3. The number of rotatable bonds is 2. The van der Waals surface area contributed by atoms with Crippen molar-refractivity contribution < 1.29 is 0 Å². The van der Waals surface area contributed by atoms with Crippen LogP contribution in [0.3, 0.4) is 0 Å². The van der Waals surface area contributed by atoms with Crippen LogP contribution in [0.4, 0.5) is 5.82 Å². The molecule has 2 aromatic rings. The van der Waals surface area contributed by atoms with Gasteiger partial charge in [-0.1, -0.05) is 0 Å². The molecule has 0 unspecified atom stereocenters. The summed E-state index contributed by atoms with van der Waals surface area (Å²) in [6.07, 6.45) is 1.88. The summed E-state index contributed by atoms with van der Waals surface area (Å²) in [7, 11) is 1.85. The summed E-state index contributed by atoms with van der Waals surface area (Å²) in [5.41, 5.74) is 1.92. The van der Waals surface area contributed by atoms with Gasteiger partial charge in [0.05, 0.1) is 11.4 Å². The van der Waals surface area contributed by atoms with E-state index >= 15 is 0 Å². The molecule has 2 aromatic heterocycles. The Morgan fingerprint density at radius 2 is 2.21 bits per heavy atom. The summed E-state index contributed by atoms with van der Waals surface area (Å²) in [5.74, 6) is 1.60. The first-order chi connectivity index (χ1) is 6.79. The van der Waals surface area contributed by atoms with Crippen LogP contribution in [0.15, 0.2) is 24.4 Å². The Morgan fingerprint density at radius 1 is 1.36 bits per heavy atom. The molecule has 4 heteroatoms. The van der Waals surface area contributed by atoms with E-state index in [2.05, 4.69) is 20.3 Å². The van der Waals surface area contributed by atoms with Crippen molar-refractivity contribution in [1.29, 1.82) is 0 Å². The molecule has 0 radical (unpaired) electrons. The zero-order valence-corrected chi connectivity index (χ0v) is 8.20. The Bertz CT molecular complexity index is 420. The quantitative estimate of drug-likeness (QED) is 0.755. The normalized spacial score (nSPS) is 10.1. The van der Waals surface area contributed by atoms with Crippen LogP contribution >= 0.6 is 0 Å². The molecule has 0 aliphatic rings. The number of nitrogens with one attached hydrogen (secondary N) is 2. The van der Waals surface area contributed by atoms with Crippen LogP contribution in [0.5, 0.6) is 0 Å². The molecule has 72 valence electrons. The first-order valence-corrected chi connectivity index (χ1v) is 4.47. The average Bonchev–Trinajstić information content (AvgIpc) is 2.69. The molecule has 2 N–H and O–H groups in total. The highest BCUT2D eigenvalue weighted by molar-refractivity contribution is 5.58. The maximum Gasteiger partial charge on any atom is 0.130 e. The fourth-order valence-corrected chi connectivity index (χ4v) is 1.32. The zero-order chi connectivity index (χ0) is 9.97. The van der Waals surface area contributed by atoms with Gasteiger partial charge < -0.3 is 10.3 Å². The second-order valence-electron chi connectivity index (χ2n) is 3.02. The lowest BCUT2D eigenvalue weighted by Gasteiger charge is -2.03. The smallest absolute Gasteiger partial charge is 0.130 e. The minimum atomic E-state index is 0.765. The van der Waals surface area contributed by atoms with Crippen molar-refractivity contribution in [3.8, 4) is 11.4 Å². The van der Waals surface area contributed by atoms with E-state index in [4.69, 9.17) is 0 Å². The van der Waals surface area contributed by atoms with Crippen molar-refractivity contribution in [3.05, 3.63) is 30.2 Å². The number of aromatic nitrogens is 3. The van der Waals surface area contributed by atoms with Crippen molar-refractivity contribution in [2.45, 2.75) is 6.92 Å². The van der Waals surface area contributed by atoms with Crippen LogP contribution in [0.25, 0.3) is 11.4 Å². The van der Waals surface area contributed by atoms with Crippen LogP contribution < -0.4 is 5.32 Å². The highest BCUT2D eigenvalue weighted by Crippen LogP contribution is 2.17. The summed E-state index contributed by atoms with van der Waals surface area (Å²) in [4.78, 5) is 11.7. The molecule has 0 saturated carbocycles. The van der Waals surface area contributed by atoms with Crippen LogP contribution in [-0.4, -0.2) is 22.0 Å². The van der Waals surface area contributed by atoms with Crippen molar-refractivity contribution in [2.24, 2.45) is 0 Å². The monoisotopic (exact) mass is 188 g/mol. The van der Waals surface area contributed by atoms with Crippen LogP contribution in [0, 0.1) is 6.92 Å². The Morgan fingerprint density at radius 3 is 2.86 bits per heavy atom. The van der Waals surface area contributed by atoms with E-state index in [1.807, 2.05) is 38.4 Å². The number of anilines is 1. The molecule has 0 aromatic carbocycles. The lowest BCUT2D eigenvalue weighted by Crippen LogP contribution is -1.98. The molecule has 2 rings (SSSR count). The van der Waals surface area contributed by atoms with Gasteiger partial charge >= 0.3 is 0 Å².